The first-order chi connectivity index (χ1) is 6.61. The van der Waals surface area contributed by atoms with Crippen molar-refractivity contribution in [2.24, 2.45) is 5.73 Å². The van der Waals surface area contributed by atoms with Crippen molar-refractivity contribution >= 4 is 23.2 Å². The summed E-state index contributed by atoms with van der Waals surface area (Å²) in [5.41, 5.74) is 6.26. The number of benzene rings is 1. The Morgan fingerprint density at radius 1 is 1.21 bits per heavy atom. The van der Waals surface area contributed by atoms with Gasteiger partial charge in [-0.15, -0.1) is 0 Å². The second-order valence-electron chi connectivity index (χ2n) is 3.21. The highest BCUT2D eigenvalue weighted by Gasteiger charge is 2.05. The van der Waals surface area contributed by atoms with E-state index in [0.717, 1.165) is 5.56 Å². The number of aliphatic hydroxyl groups is 1. The molecule has 4 heteroatoms. The van der Waals surface area contributed by atoms with Crippen LogP contribution in [0.5, 0.6) is 0 Å². The molecule has 0 aliphatic rings. The Bertz CT molecular complexity index is 284. The summed E-state index contributed by atoms with van der Waals surface area (Å²) in [6.07, 6.45) is 0.705. The average molecular weight is 234 g/mol. The quantitative estimate of drug-likeness (QED) is 0.839. The number of halogens is 2. The van der Waals surface area contributed by atoms with E-state index in [4.69, 9.17) is 28.9 Å². The maximum Gasteiger partial charge on any atom is 0.0592 e. The molecule has 0 fully saturated rings. The SMILES string of the molecule is NCCC(O)Cc1cc(Cl)cc(Cl)c1. The van der Waals surface area contributed by atoms with E-state index >= 15 is 0 Å². The molecule has 0 saturated carbocycles. The molecule has 0 spiro atoms. The highest BCUT2D eigenvalue weighted by molar-refractivity contribution is 6.34. The molecule has 1 atom stereocenters. The van der Waals surface area contributed by atoms with Crippen LogP contribution in [0.2, 0.25) is 10.0 Å². The normalized spacial score (nSPS) is 12.9. The van der Waals surface area contributed by atoms with E-state index in [9.17, 15) is 5.11 Å². The van der Waals surface area contributed by atoms with Gasteiger partial charge >= 0.3 is 0 Å². The van der Waals surface area contributed by atoms with Gasteiger partial charge in [0.1, 0.15) is 0 Å². The molecule has 3 N–H and O–H groups in total. The predicted molar refractivity (Wildman–Crippen MR) is 59.8 cm³/mol. The Hall–Kier alpha value is -0.280. The molecular formula is C10H13Cl2NO. The third-order valence-electron chi connectivity index (χ3n) is 1.89. The third-order valence-corrected chi connectivity index (χ3v) is 2.33. The fourth-order valence-corrected chi connectivity index (χ4v) is 1.87. The van der Waals surface area contributed by atoms with Crippen molar-refractivity contribution in [1.82, 2.24) is 0 Å². The average Bonchev–Trinajstić information content (AvgIpc) is 2.01. The Balaban J connectivity index is 2.66. The van der Waals surface area contributed by atoms with Gasteiger partial charge in [-0.1, -0.05) is 23.2 Å². The van der Waals surface area contributed by atoms with Crippen molar-refractivity contribution in [2.75, 3.05) is 6.54 Å². The van der Waals surface area contributed by atoms with Crippen LogP contribution >= 0.6 is 23.2 Å². The molecule has 0 radical (unpaired) electrons. The summed E-state index contributed by atoms with van der Waals surface area (Å²) in [6, 6.07) is 5.27. The van der Waals surface area contributed by atoms with Crippen molar-refractivity contribution in [3.63, 3.8) is 0 Å². The van der Waals surface area contributed by atoms with Crippen LogP contribution in [0, 0.1) is 0 Å². The molecule has 1 aromatic carbocycles. The van der Waals surface area contributed by atoms with Crippen molar-refractivity contribution < 1.29 is 5.11 Å². The van der Waals surface area contributed by atoms with E-state index in [1.165, 1.54) is 0 Å². The maximum absolute atomic E-state index is 9.52. The molecule has 0 bridgehead atoms. The van der Waals surface area contributed by atoms with E-state index in [0.29, 0.717) is 29.4 Å². The van der Waals surface area contributed by atoms with Crippen LogP contribution in [0.3, 0.4) is 0 Å². The first-order valence-corrected chi connectivity index (χ1v) is 5.20. The molecule has 14 heavy (non-hydrogen) atoms. The topological polar surface area (TPSA) is 46.2 Å². The van der Waals surface area contributed by atoms with Crippen LogP contribution in [0.1, 0.15) is 12.0 Å². The predicted octanol–water partition coefficient (Wildman–Crippen LogP) is 2.25. The summed E-state index contributed by atoms with van der Waals surface area (Å²) in [7, 11) is 0. The summed E-state index contributed by atoms with van der Waals surface area (Å²) in [5, 5.41) is 10.7. The smallest absolute Gasteiger partial charge is 0.0592 e. The molecule has 1 aromatic rings. The largest absolute Gasteiger partial charge is 0.393 e. The molecule has 0 saturated heterocycles. The van der Waals surface area contributed by atoms with Crippen molar-refractivity contribution in [3.05, 3.63) is 33.8 Å². The lowest BCUT2D eigenvalue weighted by Crippen LogP contribution is -2.15. The molecule has 1 unspecified atom stereocenters. The van der Waals surface area contributed by atoms with Gasteiger partial charge in [-0.05, 0) is 43.1 Å². The number of aliphatic hydroxyl groups excluding tert-OH is 1. The summed E-state index contributed by atoms with van der Waals surface area (Å²) >= 11 is 11.6. The fourth-order valence-electron chi connectivity index (χ4n) is 1.30. The first kappa shape index (κ1) is 11.8. The minimum absolute atomic E-state index is 0.422. The van der Waals surface area contributed by atoms with Crippen molar-refractivity contribution in [2.45, 2.75) is 18.9 Å². The van der Waals surface area contributed by atoms with E-state index in [1.54, 1.807) is 18.2 Å². The van der Waals surface area contributed by atoms with Gasteiger partial charge in [0.2, 0.25) is 0 Å². The zero-order valence-electron chi connectivity index (χ0n) is 7.71. The van der Waals surface area contributed by atoms with Crippen molar-refractivity contribution in [1.29, 1.82) is 0 Å². The molecule has 0 aliphatic carbocycles. The van der Waals surface area contributed by atoms with E-state index in [-0.39, 0.29) is 0 Å². The maximum atomic E-state index is 9.52. The Morgan fingerprint density at radius 2 is 1.79 bits per heavy atom. The van der Waals surface area contributed by atoms with E-state index in [2.05, 4.69) is 0 Å². The highest BCUT2D eigenvalue weighted by atomic mass is 35.5. The van der Waals surface area contributed by atoms with Gasteiger partial charge in [0.05, 0.1) is 6.10 Å². The standard InChI is InChI=1S/C10H13Cl2NO/c11-8-3-7(4-9(12)6-8)5-10(14)1-2-13/h3-4,6,10,14H,1-2,5,13H2. The van der Waals surface area contributed by atoms with Crippen LogP contribution in [-0.4, -0.2) is 17.8 Å². The zero-order chi connectivity index (χ0) is 10.6. The van der Waals surface area contributed by atoms with Gasteiger partial charge in [0.15, 0.2) is 0 Å². The van der Waals surface area contributed by atoms with Crippen LogP contribution < -0.4 is 5.73 Å². The first-order valence-electron chi connectivity index (χ1n) is 4.45. The lowest BCUT2D eigenvalue weighted by Gasteiger charge is -2.09. The minimum atomic E-state index is -0.422. The monoisotopic (exact) mass is 233 g/mol. The molecule has 1 rings (SSSR count). The summed E-state index contributed by atoms with van der Waals surface area (Å²) < 4.78 is 0. The summed E-state index contributed by atoms with van der Waals surface area (Å²) in [6.45, 7) is 0.482. The van der Waals surface area contributed by atoms with Gasteiger partial charge < -0.3 is 10.8 Å². The van der Waals surface area contributed by atoms with Crippen molar-refractivity contribution in [3.8, 4) is 0 Å². The number of hydrogen-bond donors (Lipinski definition) is 2. The molecule has 0 aromatic heterocycles. The van der Waals surface area contributed by atoms with Crippen LogP contribution in [-0.2, 0) is 6.42 Å². The summed E-state index contributed by atoms with van der Waals surface area (Å²) in [4.78, 5) is 0. The number of rotatable bonds is 4. The lowest BCUT2D eigenvalue weighted by atomic mass is 10.1. The second-order valence-corrected chi connectivity index (χ2v) is 4.09. The highest BCUT2D eigenvalue weighted by Crippen LogP contribution is 2.20. The fraction of sp³-hybridized carbons (Fsp3) is 0.400. The number of hydrogen-bond acceptors (Lipinski definition) is 2. The third kappa shape index (κ3) is 3.84. The van der Waals surface area contributed by atoms with Gasteiger partial charge in [-0.3, -0.25) is 0 Å². The van der Waals surface area contributed by atoms with Gasteiger partial charge in [0.25, 0.3) is 0 Å². The second kappa shape index (κ2) is 5.56. The van der Waals surface area contributed by atoms with E-state index < -0.39 is 6.10 Å². The van der Waals surface area contributed by atoms with Gasteiger partial charge in [0, 0.05) is 10.0 Å². The molecular weight excluding hydrogens is 221 g/mol. The molecule has 0 aliphatic heterocycles. The zero-order valence-corrected chi connectivity index (χ0v) is 9.22. The summed E-state index contributed by atoms with van der Waals surface area (Å²) in [5.74, 6) is 0. The van der Waals surface area contributed by atoms with Crippen LogP contribution in [0.4, 0.5) is 0 Å². The Kier molecular flexibility index (Phi) is 4.69. The molecule has 0 heterocycles. The molecule has 0 amide bonds. The number of nitrogens with two attached hydrogens (primary N) is 1. The van der Waals surface area contributed by atoms with E-state index in [1.807, 2.05) is 0 Å². The molecule has 2 nitrogen and oxygen atoms in total. The van der Waals surface area contributed by atoms with Gasteiger partial charge in [-0.25, -0.2) is 0 Å². The Morgan fingerprint density at radius 3 is 2.29 bits per heavy atom. The molecule has 78 valence electrons. The lowest BCUT2D eigenvalue weighted by molar-refractivity contribution is 0.167. The van der Waals surface area contributed by atoms with Gasteiger partial charge in [-0.2, -0.15) is 0 Å². The van der Waals surface area contributed by atoms with Crippen LogP contribution in [0.25, 0.3) is 0 Å². The minimum Gasteiger partial charge on any atom is -0.393 e. The Labute approximate surface area is 93.6 Å². The van der Waals surface area contributed by atoms with Crippen LogP contribution in [0.15, 0.2) is 18.2 Å².